The van der Waals surface area contributed by atoms with E-state index in [0.29, 0.717) is 13.2 Å². The standard InChI is InChI=1S/C14H19ClO2S.C14H15NO2/c1-9-5-10(2)13(11(18)6-9)14(3,4)7-12(16)17-8-15;1-3-7-13(8-4-1)11-16-15-17-12-14-9-5-2-6-10-14/h5-6,18H,7-8H2,1-4H3;1-10,15H,11-12H2. The summed E-state index contributed by atoms with van der Waals surface area (Å²) >= 11 is 9.92. The molecule has 0 unspecified atom stereocenters. The summed E-state index contributed by atoms with van der Waals surface area (Å²) in [5, 5.41) is 0. The highest BCUT2D eigenvalue weighted by atomic mass is 35.5. The summed E-state index contributed by atoms with van der Waals surface area (Å²) in [6, 6.07) is 23.9. The summed E-state index contributed by atoms with van der Waals surface area (Å²) < 4.78 is 4.80. The van der Waals surface area contributed by atoms with Crippen molar-refractivity contribution in [3.05, 3.63) is 101 Å². The highest BCUT2D eigenvalue weighted by Gasteiger charge is 2.28. The van der Waals surface area contributed by atoms with Crippen LogP contribution in [-0.4, -0.2) is 12.0 Å². The van der Waals surface area contributed by atoms with E-state index < -0.39 is 0 Å². The average Bonchev–Trinajstić information content (AvgIpc) is 2.79. The third kappa shape index (κ3) is 10.4. The van der Waals surface area contributed by atoms with E-state index in [1.165, 1.54) is 5.56 Å². The van der Waals surface area contributed by atoms with Crippen LogP contribution >= 0.6 is 24.2 Å². The summed E-state index contributed by atoms with van der Waals surface area (Å²) in [5.41, 5.74) is 7.76. The number of nitrogens with one attached hydrogen (secondary N) is 1. The van der Waals surface area contributed by atoms with Crippen LogP contribution in [0.15, 0.2) is 77.7 Å². The Bertz CT molecular complexity index is 981. The molecule has 1 N–H and O–H groups in total. The SMILES string of the molecule is Cc1cc(C)c(C(C)(C)CC(=O)OCCl)c(S)c1.c1ccc(CONOCc2ccccc2)cc1. The first-order valence-corrected chi connectivity index (χ1v) is 12.3. The molecule has 0 amide bonds. The van der Waals surface area contributed by atoms with Gasteiger partial charge in [-0.2, -0.15) is 0 Å². The number of hydrogen-bond acceptors (Lipinski definition) is 6. The van der Waals surface area contributed by atoms with Gasteiger partial charge in [0.05, 0.1) is 19.6 Å². The Morgan fingerprint density at radius 3 is 1.89 bits per heavy atom. The minimum atomic E-state index is -0.321. The van der Waals surface area contributed by atoms with Crippen molar-refractivity contribution in [2.45, 2.75) is 57.6 Å². The van der Waals surface area contributed by atoms with Gasteiger partial charge in [0.15, 0.2) is 6.07 Å². The number of carbonyl (C=O) groups excluding carboxylic acids is 1. The molecular weight excluding hydrogens is 482 g/mol. The fraction of sp³-hybridized carbons (Fsp3) is 0.321. The van der Waals surface area contributed by atoms with Crippen LogP contribution in [0, 0.1) is 13.8 Å². The Labute approximate surface area is 219 Å². The van der Waals surface area contributed by atoms with Crippen molar-refractivity contribution in [3.8, 4) is 0 Å². The number of aryl methyl sites for hydroxylation is 2. The van der Waals surface area contributed by atoms with E-state index in [4.69, 9.17) is 26.0 Å². The van der Waals surface area contributed by atoms with Gasteiger partial charge in [-0.3, -0.25) is 14.5 Å². The van der Waals surface area contributed by atoms with Crippen LogP contribution in [0.25, 0.3) is 0 Å². The van der Waals surface area contributed by atoms with Crippen molar-refractivity contribution in [1.82, 2.24) is 5.64 Å². The molecule has 0 bridgehead atoms. The number of esters is 1. The molecule has 0 saturated heterocycles. The van der Waals surface area contributed by atoms with Gasteiger partial charge < -0.3 is 4.74 Å². The van der Waals surface area contributed by atoms with Crippen LogP contribution in [0.1, 0.15) is 48.1 Å². The molecule has 3 aromatic rings. The first-order chi connectivity index (χ1) is 16.7. The lowest BCUT2D eigenvalue weighted by molar-refractivity contribution is -0.184. The predicted molar refractivity (Wildman–Crippen MR) is 143 cm³/mol. The smallest absolute Gasteiger partial charge is 0.307 e. The average molecular weight is 516 g/mol. The third-order valence-corrected chi connectivity index (χ3v) is 5.68. The highest BCUT2D eigenvalue weighted by Crippen LogP contribution is 2.35. The van der Waals surface area contributed by atoms with E-state index in [1.54, 1.807) is 0 Å². The molecule has 0 fully saturated rings. The summed E-state index contributed by atoms with van der Waals surface area (Å²) in [6.07, 6.45) is 0.289. The Hall–Kier alpha value is -2.35. The Kier molecular flexibility index (Phi) is 12.3. The van der Waals surface area contributed by atoms with Crippen molar-refractivity contribution in [3.63, 3.8) is 0 Å². The Balaban J connectivity index is 0.000000247. The fourth-order valence-electron chi connectivity index (χ4n) is 3.80. The number of thiol groups is 1. The highest BCUT2D eigenvalue weighted by molar-refractivity contribution is 7.80. The maximum atomic E-state index is 11.6. The normalized spacial score (nSPS) is 10.9. The van der Waals surface area contributed by atoms with Crippen LogP contribution in [0.3, 0.4) is 0 Å². The summed E-state index contributed by atoms with van der Waals surface area (Å²) in [4.78, 5) is 22.8. The molecule has 188 valence electrons. The van der Waals surface area contributed by atoms with Gasteiger partial charge in [0.25, 0.3) is 0 Å². The van der Waals surface area contributed by atoms with Gasteiger partial charge in [-0.1, -0.05) is 97.8 Å². The number of hydrogen-bond donors (Lipinski definition) is 2. The molecule has 3 rings (SSSR count). The molecule has 7 heteroatoms. The molecule has 0 aliphatic heterocycles. The number of ether oxygens (including phenoxy) is 1. The zero-order chi connectivity index (χ0) is 25.7. The number of rotatable bonds is 10. The predicted octanol–water partition coefficient (Wildman–Crippen LogP) is 6.84. The second-order valence-corrected chi connectivity index (χ2v) is 9.49. The van der Waals surface area contributed by atoms with Gasteiger partial charge in [0.1, 0.15) is 0 Å². The van der Waals surface area contributed by atoms with Gasteiger partial charge in [-0.15, -0.1) is 12.6 Å². The molecule has 0 aliphatic carbocycles. The maximum absolute atomic E-state index is 11.6. The minimum Gasteiger partial charge on any atom is -0.449 e. The van der Waals surface area contributed by atoms with Crippen molar-refractivity contribution >= 4 is 30.2 Å². The molecule has 3 aromatic carbocycles. The molecule has 5 nitrogen and oxygen atoms in total. The molecule has 35 heavy (non-hydrogen) atoms. The van der Waals surface area contributed by atoms with E-state index in [9.17, 15) is 4.79 Å². The topological polar surface area (TPSA) is 56.8 Å². The van der Waals surface area contributed by atoms with Crippen LogP contribution in [0.4, 0.5) is 0 Å². The van der Waals surface area contributed by atoms with E-state index in [1.807, 2.05) is 94.4 Å². The van der Waals surface area contributed by atoms with Crippen LogP contribution < -0.4 is 5.64 Å². The molecule has 0 aromatic heterocycles. The zero-order valence-corrected chi connectivity index (χ0v) is 22.4. The van der Waals surface area contributed by atoms with Gasteiger partial charge in [0.2, 0.25) is 0 Å². The number of alkyl halides is 1. The van der Waals surface area contributed by atoms with E-state index in [2.05, 4.69) is 24.3 Å². The largest absolute Gasteiger partial charge is 0.449 e. The summed E-state index contributed by atoms with van der Waals surface area (Å²) in [5.74, 6) is -0.289. The molecule has 0 radical (unpaired) electrons. The molecule has 0 atom stereocenters. The number of carbonyl (C=O) groups is 1. The third-order valence-electron chi connectivity index (χ3n) is 5.22. The van der Waals surface area contributed by atoms with Gasteiger partial charge >= 0.3 is 5.97 Å². The first-order valence-electron chi connectivity index (χ1n) is 11.3. The number of halogens is 1. The van der Waals surface area contributed by atoms with Crippen molar-refractivity contribution in [2.24, 2.45) is 0 Å². The zero-order valence-electron chi connectivity index (χ0n) is 20.7. The van der Waals surface area contributed by atoms with Crippen molar-refractivity contribution in [1.29, 1.82) is 0 Å². The van der Waals surface area contributed by atoms with E-state index >= 15 is 0 Å². The quantitative estimate of drug-likeness (QED) is 0.102. The van der Waals surface area contributed by atoms with Crippen LogP contribution in [0.5, 0.6) is 0 Å². The summed E-state index contributed by atoms with van der Waals surface area (Å²) in [7, 11) is 0. The van der Waals surface area contributed by atoms with Gasteiger partial charge in [-0.25, -0.2) is 0 Å². The lowest BCUT2D eigenvalue weighted by atomic mass is 9.79. The van der Waals surface area contributed by atoms with Crippen molar-refractivity contribution < 1.29 is 19.2 Å². The van der Waals surface area contributed by atoms with Crippen LogP contribution in [-0.2, 0) is 37.8 Å². The molecule has 0 saturated carbocycles. The van der Waals surface area contributed by atoms with Gasteiger partial charge in [0, 0.05) is 10.3 Å². The molecule has 0 aliphatic rings. The second-order valence-electron chi connectivity index (χ2n) is 8.79. The first kappa shape index (κ1) is 28.9. The number of benzene rings is 3. The van der Waals surface area contributed by atoms with E-state index in [-0.39, 0.29) is 23.9 Å². The van der Waals surface area contributed by atoms with Gasteiger partial charge in [-0.05, 0) is 47.7 Å². The van der Waals surface area contributed by atoms with Crippen LogP contribution in [0.2, 0.25) is 0 Å². The molecular formula is C28H34ClNO4S. The lowest BCUT2D eigenvalue weighted by Gasteiger charge is -2.28. The molecule has 0 heterocycles. The summed E-state index contributed by atoms with van der Waals surface area (Å²) in [6.45, 7) is 9.06. The Morgan fingerprint density at radius 1 is 0.914 bits per heavy atom. The monoisotopic (exact) mass is 515 g/mol. The van der Waals surface area contributed by atoms with Crippen molar-refractivity contribution in [2.75, 3.05) is 6.07 Å². The Morgan fingerprint density at radius 2 is 1.43 bits per heavy atom. The van der Waals surface area contributed by atoms with E-state index in [0.717, 1.165) is 27.1 Å². The molecule has 0 spiro atoms. The second kappa shape index (κ2) is 14.9. The minimum absolute atomic E-state index is 0.102. The lowest BCUT2D eigenvalue weighted by Crippen LogP contribution is -2.25. The maximum Gasteiger partial charge on any atom is 0.307 e. The fourth-order valence-corrected chi connectivity index (χ4v) is 4.61.